The van der Waals surface area contributed by atoms with Gasteiger partial charge >= 0.3 is 0 Å². The van der Waals surface area contributed by atoms with Crippen molar-refractivity contribution in [1.29, 1.82) is 0 Å². The van der Waals surface area contributed by atoms with Crippen molar-refractivity contribution in [1.82, 2.24) is 5.32 Å². The Morgan fingerprint density at radius 3 is 2.24 bits per heavy atom. The molecule has 0 radical (unpaired) electrons. The summed E-state index contributed by atoms with van der Waals surface area (Å²) in [6.07, 6.45) is 14.2. The molecule has 1 nitrogen and oxygen atoms in total. The number of benzene rings is 1. The molecule has 1 aromatic rings. The lowest BCUT2D eigenvalue weighted by atomic mass is 9.91. The van der Waals surface area contributed by atoms with Gasteiger partial charge in [-0.2, -0.15) is 0 Å². The average Bonchev–Trinajstić information content (AvgIpc) is 2.80. The maximum Gasteiger partial charge on any atom is 0.0130 e. The maximum atomic E-state index is 3.99. The van der Waals surface area contributed by atoms with E-state index in [0.717, 1.165) is 23.8 Å². The van der Waals surface area contributed by atoms with Crippen molar-refractivity contribution in [2.24, 2.45) is 17.8 Å². The van der Waals surface area contributed by atoms with Crippen LogP contribution < -0.4 is 5.32 Å². The number of rotatable bonds is 3. The van der Waals surface area contributed by atoms with Crippen LogP contribution in [0.25, 0.3) is 0 Å². The lowest BCUT2D eigenvalue weighted by Gasteiger charge is -2.27. The summed E-state index contributed by atoms with van der Waals surface area (Å²) in [6.45, 7) is 1.23. The van der Waals surface area contributed by atoms with E-state index in [1.807, 2.05) is 0 Å². The molecule has 4 rings (SSSR count). The molecule has 112 valence electrons. The molecule has 3 aliphatic rings. The Hall–Kier alpha value is -1.08. The Balaban J connectivity index is 1.44. The van der Waals surface area contributed by atoms with Crippen LogP contribution in [-0.2, 0) is 12.8 Å². The highest BCUT2D eigenvalue weighted by Crippen LogP contribution is 2.40. The van der Waals surface area contributed by atoms with Crippen LogP contribution in [0.5, 0.6) is 0 Å². The van der Waals surface area contributed by atoms with E-state index in [4.69, 9.17) is 0 Å². The molecular weight excluding hydrogens is 254 g/mol. The highest BCUT2D eigenvalue weighted by molar-refractivity contribution is 5.30. The van der Waals surface area contributed by atoms with Gasteiger partial charge in [-0.25, -0.2) is 0 Å². The quantitative estimate of drug-likeness (QED) is 0.822. The average molecular weight is 281 g/mol. The van der Waals surface area contributed by atoms with Crippen LogP contribution in [0.2, 0.25) is 0 Å². The second-order valence-corrected chi connectivity index (χ2v) is 7.36. The maximum absolute atomic E-state index is 3.99. The van der Waals surface area contributed by atoms with Crippen LogP contribution >= 0.6 is 0 Å². The van der Waals surface area contributed by atoms with E-state index < -0.39 is 0 Å². The van der Waals surface area contributed by atoms with Crippen molar-refractivity contribution < 1.29 is 0 Å². The van der Waals surface area contributed by atoms with Gasteiger partial charge in [0.1, 0.15) is 0 Å². The molecule has 3 unspecified atom stereocenters. The fourth-order valence-corrected chi connectivity index (χ4v) is 4.83. The second kappa shape index (κ2) is 5.96. The summed E-state index contributed by atoms with van der Waals surface area (Å²) < 4.78 is 0. The van der Waals surface area contributed by atoms with E-state index >= 15 is 0 Å². The third-order valence-electron chi connectivity index (χ3n) is 6.03. The molecule has 0 heterocycles. The highest BCUT2D eigenvalue weighted by Gasteiger charge is 2.38. The van der Waals surface area contributed by atoms with Gasteiger partial charge in [-0.05, 0) is 80.4 Å². The second-order valence-electron chi connectivity index (χ2n) is 7.36. The van der Waals surface area contributed by atoms with Crippen LogP contribution in [-0.4, -0.2) is 12.6 Å². The van der Waals surface area contributed by atoms with E-state index in [2.05, 4.69) is 41.7 Å². The van der Waals surface area contributed by atoms with Gasteiger partial charge in [0.2, 0.25) is 0 Å². The van der Waals surface area contributed by atoms with Crippen LogP contribution in [0.4, 0.5) is 0 Å². The van der Waals surface area contributed by atoms with Crippen LogP contribution in [0, 0.1) is 17.8 Å². The van der Waals surface area contributed by atoms with Gasteiger partial charge < -0.3 is 5.32 Å². The molecule has 0 spiro atoms. The third-order valence-corrected chi connectivity index (χ3v) is 6.03. The summed E-state index contributed by atoms with van der Waals surface area (Å²) in [7, 11) is 0. The summed E-state index contributed by atoms with van der Waals surface area (Å²) in [5, 5.41) is 3.99. The van der Waals surface area contributed by atoms with Crippen LogP contribution in [0.15, 0.2) is 36.4 Å². The lowest BCUT2D eigenvalue weighted by Crippen LogP contribution is -2.40. The topological polar surface area (TPSA) is 12.0 Å². The Bertz CT molecular complexity index is 485. The molecule has 0 aromatic heterocycles. The molecule has 2 bridgehead atoms. The molecule has 1 heteroatoms. The first kappa shape index (κ1) is 13.6. The predicted octanol–water partition coefficient (Wildman–Crippen LogP) is 4.13. The van der Waals surface area contributed by atoms with Gasteiger partial charge in [-0.1, -0.05) is 36.4 Å². The van der Waals surface area contributed by atoms with Crippen LogP contribution in [0.1, 0.15) is 43.2 Å². The zero-order chi connectivity index (χ0) is 14.1. The first-order chi connectivity index (χ1) is 10.4. The summed E-state index contributed by atoms with van der Waals surface area (Å²) in [5.41, 5.74) is 3.24. The Kier molecular flexibility index (Phi) is 3.85. The van der Waals surface area contributed by atoms with Gasteiger partial charge in [-0.15, -0.1) is 0 Å². The molecule has 3 atom stereocenters. The van der Waals surface area contributed by atoms with Crippen molar-refractivity contribution in [3.63, 3.8) is 0 Å². The summed E-state index contributed by atoms with van der Waals surface area (Å²) >= 11 is 0. The number of nitrogens with one attached hydrogen (secondary N) is 1. The van der Waals surface area contributed by atoms with E-state index in [0.29, 0.717) is 0 Å². The van der Waals surface area contributed by atoms with Crippen molar-refractivity contribution in [3.8, 4) is 0 Å². The molecule has 1 aromatic carbocycles. The Morgan fingerprint density at radius 2 is 1.62 bits per heavy atom. The van der Waals surface area contributed by atoms with E-state index in [-0.39, 0.29) is 0 Å². The Morgan fingerprint density at radius 1 is 0.905 bits per heavy atom. The monoisotopic (exact) mass is 281 g/mol. The number of fused-ring (bicyclic) bond motifs is 3. The lowest BCUT2D eigenvalue weighted by molar-refractivity contribution is 0.310. The van der Waals surface area contributed by atoms with E-state index in [9.17, 15) is 0 Å². The van der Waals surface area contributed by atoms with Crippen molar-refractivity contribution in [2.75, 3.05) is 6.54 Å². The number of hydrogen-bond acceptors (Lipinski definition) is 1. The fraction of sp³-hybridized carbons (Fsp3) is 0.600. The first-order valence-electron chi connectivity index (χ1n) is 8.85. The molecule has 1 saturated carbocycles. The molecule has 1 N–H and O–H groups in total. The van der Waals surface area contributed by atoms with E-state index in [1.54, 1.807) is 11.1 Å². The first-order valence-corrected chi connectivity index (χ1v) is 8.85. The normalized spacial score (nSPS) is 34.5. The Labute approximate surface area is 128 Å². The number of allylic oxidation sites excluding steroid dienone is 2. The van der Waals surface area contributed by atoms with Gasteiger partial charge in [-0.3, -0.25) is 0 Å². The summed E-state index contributed by atoms with van der Waals surface area (Å²) in [4.78, 5) is 0. The molecule has 1 fully saturated rings. The third kappa shape index (κ3) is 2.81. The predicted molar refractivity (Wildman–Crippen MR) is 88.3 cm³/mol. The largest absolute Gasteiger partial charge is 0.313 e. The molecule has 0 aliphatic heterocycles. The van der Waals surface area contributed by atoms with Gasteiger partial charge in [0.05, 0.1) is 0 Å². The van der Waals surface area contributed by atoms with Crippen molar-refractivity contribution in [3.05, 3.63) is 47.5 Å². The SMILES string of the molecule is C1=CCC(CNC2C3CCC2Cc2ccccc2C3)CC1. The number of hydrogen-bond donors (Lipinski definition) is 1. The van der Waals surface area contributed by atoms with Crippen molar-refractivity contribution in [2.45, 2.75) is 51.0 Å². The minimum atomic E-state index is 0.767. The summed E-state index contributed by atoms with van der Waals surface area (Å²) in [5.74, 6) is 2.62. The zero-order valence-electron chi connectivity index (χ0n) is 12.9. The molecule has 21 heavy (non-hydrogen) atoms. The minimum Gasteiger partial charge on any atom is -0.313 e. The van der Waals surface area contributed by atoms with Gasteiger partial charge in [0.15, 0.2) is 0 Å². The molecule has 0 amide bonds. The van der Waals surface area contributed by atoms with Gasteiger partial charge in [0, 0.05) is 6.04 Å². The standard InChI is InChI=1S/C20H27N/c1-2-6-15(7-3-1)14-21-20-18-10-11-19(20)13-17-9-5-4-8-16(17)12-18/h1-2,4-5,8-9,15,18-21H,3,6-7,10-14H2. The highest BCUT2D eigenvalue weighted by atomic mass is 14.9. The molecular formula is C20H27N. The minimum absolute atomic E-state index is 0.767. The van der Waals surface area contributed by atoms with Gasteiger partial charge in [0.25, 0.3) is 0 Å². The van der Waals surface area contributed by atoms with Crippen LogP contribution in [0.3, 0.4) is 0 Å². The van der Waals surface area contributed by atoms with E-state index in [1.165, 1.54) is 51.5 Å². The summed E-state index contributed by atoms with van der Waals surface area (Å²) in [6, 6.07) is 9.92. The smallest absolute Gasteiger partial charge is 0.0130 e. The van der Waals surface area contributed by atoms with Crippen molar-refractivity contribution >= 4 is 0 Å². The molecule has 0 saturated heterocycles. The molecule has 3 aliphatic carbocycles. The fourth-order valence-electron chi connectivity index (χ4n) is 4.83. The zero-order valence-corrected chi connectivity index (χ0v) is 12.9.